The number of methoxy groups -OCH3 is 2. The molecular formula is C46H45Cl3F2N4O6. The van der Waals surface area contributed by atoms with Crippen LogP contribution < -0.4 is 20.5 Å². The lowest BCUT2D eigenvalue weighted by molar-refractivity contribution is 0.151. The molecule has 320 valence electrons. The van der Waals surface area contributed by atoms with Gasteiger partial charge in [0.05, 0.1) is 56.5 Å². The maximum atomic E-state index is 15.4. The fraction of sp³-hybridized carbons (Fsp3) is 0.217. The molecule has 0 aliphatic rings. The van der Waals surface area contributed by atoms with Crippen molar-refractivity contribution in [1.82, 2.24) is 15.3 Å². The van der Waals surface area contributed by atoms with Crippen molar-refractivity contribution in [2.24, 2.45) is 5.73 Å². The number of alkyl carbamates (subject to hydrolysis) is 1. The summed E-state index contributed by atoms with van der Waals surface area (Å²) in [6.07, 6.45) is 3.70. The van der Waals surface area contributed by atoms with Crippen molar-refractivity contribution in [3.05, 3.63) is 165 Å². The number of rotatable bonds is 13. The second-order valence-corrected chi connectivity index (χ2v) is 14.1. The van der Waals surface area contributed by atoms with Gasteiger partial charge in [0.25, 0.3) is 0 Å². The Morgan fingerprint density at radius 3 is 1.51 bits per heavy atom. The van der Waals surface area contributed by atoms with Crippen LogP contribution in [0.5, 0.6) is 11.5 Å². The van der Waals surface area contributed by atoms with Crippen LogP contribution >= 0.6 is 34.8 Å². The van der Waals surface area contributed by atoms with E-state index in [0.717, 1.165) is 16.8 Å². The summed E-state index contributed by atoms with van der Waals surface area (Å²) in [7, 11) is 3.04. The van der Waals surface area contributed by atoms with Gasteiger partial charge in [-0.1, -0.05) is 71.7 Å². The molecule has 0 unspecified atom stereocenters. The molecule has 0 aliphatic heterocycles. The van der Waals surface area contributed by atoms with Crippen LogP contribution in [0.3, 0.4) is 0 Å². The zero-order valence-electron chi connectivity index (χ0n) is 33.9. The number of carbonyl (C=O) groups is 2. The highest BCUT2D eigenvalue weighted by Gasteiger charge is 2.18. The summed E-state index contributed by atoms with van der Waals surface area (Å²) < 4.78 is 50.3. The minimum atomic E-state index is -0.738. The van der Waals surface area contributed by atoms with Gasteiger partial charge in [0.15, 0.2) is 0 Å². The lowest BCUT2D eigenvalue weighted by atomic mass is 9.97. The van der Waals surface area contributed by atoms with E-state index in [1.54, 1.807) is 99.0 Å². The van der Waals surface area contributed by atoms with E-state index in [-0.39, 0.29) is 18.2 Å². The number of benzene rings is 4. The van der Waals surface area contributed by atoms with Gasteiger partial charge in [-0.15, -0.1) is 0 Å². The van der Waals surface area contributed by atoms with Crippen LogP contribution in [0.2, 0.25) is 10.0 Å². The summed E-state index contributed by atoms with van der Waals surface area (Å²) in [5, 5.41) is 3.68. The largest absolute Gasteiger partial charge is 0.496 e. The maximum absolute atomic E-state index is 15.4. The normalized spacial score (nSPS) is 10.3. The van der Waals surface area contributed by atoms with E-state index < -0.39 is 11.5 Å². The number of hydrogen-bond acceptors (Lipinski definition) is 9. The van der Waals surface area contributed by atoms with E-state index >= 15 is 8.78 Å². The number of nitrogens with zero attached hydrogens (tertiary/aromatic N) is 2. The first-order valence-electron chi connectivity index (χ1n) is 18.9. The van der Waals surface area contributed by atoms with Crippen LogP contribution in [-0.2, 0) is 35.4 Å². The van der Waals surface area contributed by atoms with Crippen molar-refractivity contribution in [2.45, 2.75) is 39.8 Å². The van der Waals surface area contributed by atoms with Crippen LogP contribution in [0.15, 0.2) is 109 Å². The van der Waals surface area contributed by atoms with Gasteiger partial charge in [-0.25, -0.2) is 18.4 Å². The maximum Gasteiger partial charge on any atom is 0.407 e. The first kappa shape index (κ1) is 47.9. The standard InChI is InChI=1S/C23H22ClFN2O3.C20H18ClFN2O.C3H5ClO2/c1-3-30-23(28)27-14-19-9-7-15(13-26-19)11-17-8-10-20(29-2)21(22(17)25)16-5-4-6-18(24)12-16;1-25-18-8-6-15(9-13-5-7-17(11-23)24-12-13)20(22)19(18)14-3-2-4-16(21)10-14;1-2-6-3(4)5/h4-10,12-13H,3,11,14H2,1-2H3,(H,27,28);2-8,10,12H,9,11,23H2,1H3;2H2,1H3. The first-order chi connectivity index (χ1) is 29.4. The van der Waals surface area contributed by atoms with Gasteiger partial charge in [0.2, 0.25) is 0 Å². The molecule has 3 N–H and O–H groups in total. The quantitative estimate of drug-likeness (QED) is 0.109. The second-order valence-electron chi connectivity index (χ2n) is 12.9. The summed E-state index contributed by atoms with van der Waals surface area (Å²) in [6.45, 7) is 4.74. The molecule has 0 spiro atoms. The van der Waals surface area contributed by atoms with Crippen molar-refractivity contribution in [3.8, 4) is 33.8 Å². The number of pyridine rings is 2. The average molecular weight is 894 g/mol. The molecule has 6 aromatic rings. The minimum absolute atomic E-state index is 0.259. The van der Waals surface area contributed by atoms with Crippen molar-refractivity contribution in [2.75, 3.05) is 27.4 Å². The molecular weight excluding hydrogens is 849 g/mol. The summed E-state index contributed by atoms with van der Waals surface area (Å²) in [4.78, 5) is 29.5. The third-order valence-corrected chi connectivity index (χ3v) is 9.33. The van der Waals surface area contributed by atoms with Crippen LogP contribution in [0.1, 0.15) is 47.5 Å². The monoisotopic (exact) mass is 892 g/mol. The molecule has 2 heterocycles. The number of hydrogen-bond donors (Lipinski definition) is 2. The summed E-state index contributed by atoms with van der Waals surface area (Å²) in [5.41, 5.74) is 11.3. The Bertz CT molecular complexity index is 2370. The van der Waals surface area contributed by atoms with Gasteiger partial charge in [-0.2, -0.15) is 0 Å². The Morgan fingerprint density at radius 2 is 1.15 bits per heavy atom. The van der Waals surface area contributed by atoms with E-state index in [4.69, 9.17) is 54.7 Å². The van der Waals surface area contributed by atoms with E-state index in [1.807, 2.05) is 24.3 Å². The van der Waals surface area contributed by atoms with Gasteiger partial charge >= 0.3 is 11.5 Å². The third kappa shape index (κ3) is 14.4. The van der Waals surface area contributed by atoms with Gasteiger partial charge in [-0.3, -0.25) is 9.97 Å². The molecule has 15 heteroatoms. The molecule has 61 heavy (non-hydrogen) atoms. The van der Waals surface area contributed by atoms with E-state index in [2.05, 4.69) is 20.0 Å². The highest BCUT2D eigenvalue weighted by molar-refractivity contribution is 6.61. The summed E-state index contributed by atoms with van der Waals surface area (Å²) in [6, 6.07) is 28.5. The first-order valence-corrected chi connectivity index (χ1v) is 20.1. The summed E-state index contributed by atoms with van der Waals surface area (Å²) >= 11 is 16.9. The number of nitrogens with two attached hydrogens (primary N) is 1. The molecule has 0 saturated carbocycles. The molecule has 0 bridgehead atoms. The minimum Gasteiger partial charge on any atom is -0.496 e. The van der Waals surface area contributed by atoms with Gasteiger partial charge in [0, 0.05) is 53.4 Å². The van der Waals surface area contributed by atoms with Crippen molar-refractivity contribution >= 4 is 46.3 Å². The fourth-order valence-electron chi connectivity index (χ4n) is 5.89. The van der Waals surface area contributed by atoms with Crippen molar-refractivity contribution in [1.29, 1.82) is 0 Å². The topological polar surface area (TPSA) is 135 Å². The predicted molar refractivity (Wildman–Crippen MR) is 236 cm³/mol. The average Bonchev–Trinajstić information content (AvgIpc) is 3.25. The smallest absolute Gasteiger partial charge is 0.407 e. The van der Waals surface area contributed by atoms with Crippen molar-refractivity contribution < 1.29 is 37.3 Å². The van der Waals surface area contributed by atoms with Gasteiger partial charge in [-0.05, 0) is 95.8 Å². The third-order valence-electron chi connectivity index (χ3n) is 8.75. The van der Waals surface area contributed by atoms with Crippen LogP contribution in [0, 0.1) is 11.6 Å². The summed E-state index contributed by atoms with van der Waals surface area (Å²) in [5.74, 6) is 0.242. The number of halogens is 5. The molecule has 1 amide bonds. The molecule has 0 atom stereocenters. The highest BCUT2D eigenvalue weighted by atomic mass is 35.5. The number of carbonyl (C=O) groups excluding carboxylic acids is 2. The van der Waals surface area contributed by atoms with Crippen LogP contribution in [-0.4, -0.2) is 48.9 Å². The molecule has 2 aromatic heterocycles. The lowest BCUT2D eigenvalue weighted by Gasteiger charge is -2.14. The number of aromatic nitrogens is 2. The Hall–Kier alpha value is -5.79. The fourth-order valence-corrected chi connectivity index (χ4v) is 6.37. The van der Waals surface area contributed by atoms with E-state index in [0.29, 0.717) is 93.2 Å². The van der Waals surface area contributed by atoms with E-state index in [9.17, 15) is 9.59 Å². The predicted octanol–water partition coefficient (Wildman–Crippen LogP) is 11.4. The SMILES string of the molecule is CCOC(=O)Cl.CCOC(=O)NCc1ccc(Cc2ccc(OC)c(-c3cccc(Cl)c3)c2F)cn1.COc1ccc(Cc2ccc(CN)nc2)c(F)c1-c1cccc(Cl)c1. The Kier molecular flexibility index (Phi) is 19.2. The Labute approximate surface area is 368 Å². The Balaban J connectivity index is 0.000000240. The molecule has 0 saturated heterocycles. The molecule has 0 fully saturated rings. The zero-order valence-corrected chi connectivity index (χ0v) is 36.2. The molecule has 0 radical (unpaired) electrons. The second kappa shape index (κ2) is 24.5. The highest BCUT2D eigenvalue weighted by Crippen LogP contribution is 2.37. The number of amides is 1. The molecule has 0 aliphatic carbocycles. The lowest BCUT2D eigenvalue weighted by Crippen LogP contribution is -2.24. The van der Waals surface area contributed by atoms with E-state index in [1.165, 1.54) is 14.2 Å². The number of nitrogens with one attached hydrogen (secondary N) is 1. The number of ether oxygens (including phenoxy) is 4. The Morgan fingerprint density at radius 1 is 0.672 bits per heavy atom. The van der Waals surface area contributed by atoms with Crippen molar-refractivity contribution in [3.63, 3.8) is 0 Å². The molecule has 10 nitrogen and oxygen atoms in total. The van der Waals surface area contributed by atoms with Gasteiger partial charge in [0.1, 0.15) is 23.1 Å². The van der Waals surface area contributed by atoms with Crippen LogP contribution in [0.4, 0.5) is 18.4 Å². The zero-order chi connectivity index (χ0) is 44.3. The molecule has 6 rings (SSSR count). The van der Waals surface area contributed by atoms with Crippen LogP contribution in [0.25, 0.3) is 22.3 Å². The van der Waals surface area contributed by atoms with Gasteiger partial charge < -0.3 is 30.0 Å². The molecule has 4 aromatic carbocycles.